The summed E-state index contributed by atoms with van der Waals surface area (Å²) in [5.74, 6) is 0. The number of halogens is 1. The van der Waals surface area contributed by atoms with Crippen molar-refractivity contribution in [1.29, 1.82) is 0 Å². The van der Waals surface area contributed by atoms with Gasteiger partial charge in [-0.1, -0.05) is 28.1 Å². The van der Waals surface area contributed by atoms with E-state index < -0.39 is 0 Å². The second-order valence-corrected chi connectivity index (χ2v) is 5.19. The molecule has 1 aliphatic rings. The highest BCUT2D eigenvalue weighted by Gasteiger charge is 2.17. The molecule has 1 aliphatic heterocycles. The molecule has 1 aromatic carbocycles. The van der Waals surface area contributed by atoms with Crippen LogP contribution in [0.25, 0.3) is 0 Å². The minimum Gasteiger partial charge on any atom is -0.370 e. The standard InChI is InChI=1S/C13H18BrNO/c1-10(11-2-4-12(14)5-3-11)16-13-6-8-15-9-7-13/h2-5,10,13,15H,6-9H2,1H3. The average molecular weight is 284 g/mol. The van der Waals surface area contributed by atoms with Crippen LogP contribution in [0.3, 0.4) is 0 Å². The van der Waals surface area contributed by atoms with Crippen molar-refractivity contribution in [1.82, 2.24) is 5.32 Å². The van der Waals surface area contributed by atoms with Gasteiger partial charge in [0.05, 0.1) is 12.2 Å². The summed E-state index contributed by atoms with van der Waals surface area (Å²) in [4.78, 5) is 0. The number of ether oxygens (including phenoxy) is 1. The zero-order chi connectivity index (χ0) is 11.4. The van der Waals surface area contributed by atoms with E-state index in [-0.39, 0.29) is 6.10 Å². The molecule has 1 fully saturated rings. The predicted octanol–water partition coefficient (Wildman–Crippen LogP) is 3.28. The van der Waals surface area contributed by atoms with Crippen molar-refractivity contribution in [3.63, 3.8) is 0 Å². The monoisotopic (exact) mass is 283 g/mol. The van der Waals surface area contributed by atoms with Gasteiger partial charge in [-0.05, 0) is 50.6 Å². The highest BCUT2D eigenvalue weighted by Crippen LogP contribution is 2.23. The van der Waals surface area contributed by atoms with Crippen LogP contribution in [0.4, 0.5) is 0 Å². The van der Waals surface area contributed by atoms with Crippen LogP contribution in [-0.4, -0.2) is 19.2 Å². The molecule has 1 saturated heterocycles. The molecule has 0 amide bonds. The van der Waals surface area contributed by atoms with Gasteiger partial charge in [-0.3, -0.25) is 0 Å². The number of benzene rings is 1. The highest BCUT2D eigenvalue weighted by molar-refractivity contribution is 9.10. The Morgan fingerprint density at radius 3 is 2.50 bits per heavy atom. The lowest BCUT2D eigenvalue weighted by Crippen LogP contribution is -2.32. The van der Waals surface area contributed by atoms with Gasteiger partial charge in [0.1, 0.15) is 0 Å². The molecule has 88 valence electrons. The minimum absolute atomic E-state index is 0.191. The summed E-state index contributed by atoms with van der Waals surface area (Å²) in [6.45, 7) is 4.29. The van der Waals surface area contributed by atoms with E-state index >= 15 is 0 Å². The molecule has 0 bridgehead atoms. The Balaban J connectivity index is 1.91. The molecule has 0 aliphatic carbocycles. The van der Waals surface area contributed by atoms with Crippen molar-refractivity contribution in [2.45, 2.75) is 32.0 Å². The SMILES string of the molecule is CC(OC1CCNCC1)c1ccc(Br)cc1. The van der Waals surface area contributed by atoms with Crippen molar-refractivity contribution in [2.24, 2.45) is 0 Å². The normalized spacial score (nSPS) is 19.6. The third-order valence-electron chi connectivity index (χ3n) is 3.02. The first-order valence-electron chi connectivity index (χ1n) is 5.87. The summed E-state index contributed by atoms with van der Waals surface area (Å²) < 4.78 is 7.18. The van der Waals surface area contributed by atoms with Gasteiger partial charge in [-0.15, -0.1) is 0 Å². The third kappa shape index (κ3) is 3.30. The zero-order valence-corrected chi connectivity index (χ0v) is 11.2. The maximum absolute atomic E-state index is 6.06. The Morgan fingerprint density at radius 2 is 1.88 bits per heavy atom. The van der Waals surface area contributed by atoms with Crippen LogP contribution in [0.15, 0.2) is 28.7 Å². The lowest BCUT2D eigenvalue weighted by atomic mass is 10.1. The first kappa shape index (κ1) is 12.1. The molecule has 2 nitrogen and oxygen atoms in total. The summed E-state index contributed by atoms with van der Waals surface area (Å²) in [5.41, 5.74) is 1.25. The molecular formula is C13H18BrNO. The summed E-state index contributed by atoms with van der Waals surface area (Å²) >= 11 is 3.44. The van der Waals surface area contributed by atoms with E-state index in [0.717, 1.165) is 30.4 Å². The zero-order valence-electron chi connectivity index (χ0n) is 9.58. The predicted molar refractivity (Wildman–Crippen MR) is 69.5 cm³/mol. The maximum atomic E-state index is 6.06. The number of rotatable bonds is 3. The maximum Gasteiger partial charge on any atom is 0.0800 e. The lowest BCUT2D eigenvalue weighted by molar-refractivity contribution is -0.0186. The fourth-order valence-corrected chi connectivity index (χ4v) is 2.30. The van der Waals surface area contributed by atoms with Gasteiger partial charge in [0.25, 0.3) is 0 Å². The van der Waals surface area contributed by atoms with Gasteiger partial charge in [0.15, 0.2) is 0 Å². The van der Waals surface area contributed by atoms with E-state index in [0.29, 0.717) is 6.10 Å². The van der Waals surface area contributed by atoms with Gasteiger partial charge in [0.2, 0.25) is 0 Å². The van der Waals surface area contributed by atoms with Crippen molar-refractivity contribution < 1.29 is 4.74 Å². The van der Waals surface area contributed by atoms with Crippen LogP contribution in [0.2, 0.25) is 0 Å². The van der Waals surface area contributed by atoms with Crippen molar-refractivity contribution in [2.75, 3.05) is 13.1 Å². The Hall–Kier alpha value is -0.380. The second kappa shape index (κ2) is 5.80. The lowest BCUT2D eigenvalue weighted by Gasteiger charge is -2.26. The Labute approximate surface area is 106 Å². The first-order valence-corrected chi connectivity index (χ1v) is 6.66. The average Bonchev–Trinajstić information content (AvgIpc) is 2.31. The smallest absolute Gasteiger partial charge is 0.0800 e. The molecule has 1 N–H and O–H groups in total. The summed E-state index contributed by atoms with van der Waals surface area (Å²) in [6.07, 6.45) is 2.86. The van der Waals surface area contributed by atoms with E-state index in [9.17, 15) is 0 Å². The van der Waals surface area contributed by atoms with Crippen LogP contribution in [0, 0.1) is 0 Å². The van der Waals surface area contributed by atoms with Crippen molar-refractivity contribution >= 4 is 15.9 Å². The van der Waals surface area contributed by atoms with Crippen LogP contribution in [0.1, 0.15) is 31.4 Å². The van der Waals surface area contributed by atoms with Gasteiger partial charge in [-0.25, -0.2) is 0 Å². The van der Waals surface area contributed by atoms with Gasteiger partial charge < -0.3 is 10.1 Å². The molecule has 1 aromatic rings. The van der Waals surface area contributed by atoms with Crippen LogP contribution < -0.4 is 5.32 Å². The molecule has 2 rings (SSSR count). The quantitative estimate of drug-likeness (QED) is 0.919. The highest BCUT2D eigenvalue weighted by atomic mass is 79.9. The largest absolute Gasteiger partial charge is 0.370 e. The summed E-state index contributed by atoms with van der Waals surface area (Å²) in [6, 6.07) is 8.38. The molecule has 3 heteroatoms. The molecule has 1 heterocycles. The summed E-state index contributed by atoms with van der Waals surface area (Å²) in [5, 5.41) is 3.35. The van der Waals surface area contributed by atoms with Gasteiger partial charge in [0, 0.05) is 4.47 Å². The van der Waals surface area contributed by atoms with Crippen LogP contribution in [0.5, 0.6) is 0 Å². The fourth-order valence-electron chi connectivity index (χ4n) is 2.03. The molecule has 16 heavy (non-hydrogen) atoms. The van der Waals surface area contributed by atoms with E-state index in [1.54, 1.807) is 0 Å². The Morgan fingerprint density at radius 1 is 1.25 bits per heavy atom. The topological polar surface area (TPSA) is 21.3 Å². The summed E-state index contributed by atoms with van der Waals surface area (Å²) in [7, 11) is 0. The Bertz CT molecular complexity index is 319. The molecule has 1 atom stereocenters. The molecule has 0 saturated carbocycles. The fraction of sp³-hybridized carbons (Fsp3) is 0.538. The van der Waals surface area contributed by atoms with Gasteiger partial charge >= 0.3 is 0 Å². The van der Waals surface area contributed by atoms with Gasteiger partial charge in [-0.2, -0.15) is 0 Å². The molecule has 1 unspecified atom stereocenters. The van der Waals surface area contributed by atoms with Crippen molar-refractivity contribution in [3.8, 4) is 0 Å². The minimum atomic E-state index is 0.191. The molecular weight excluding hydrogens is 266 g/mol. The van der Waals surface area contributed by atoms with E-state index in [2.05, 4.69) is 52.4 Å². The number of nitrogens with one attached hydrogen (secondary N) is 1. The number of piperidine rings is 1. The Kier molecular flexibility index (Phi) is 4.38. The first-order chi connectivity index (χ1) is 7.75. The third-order valence-corrected chi connectivity index (χ3v) is 3.55. The second-order valence-electron chi connectivity index (χ2n) is 4.28. The molecule has 0 radical (unpaired) electrons. The van der Waals surface area contributed by atoms with E-state index in [1.807, 2.05) is 0 Å². The van der Waals surface area contributed by atoms with E-state index in [4.69, 9.17) is 4.74 Å². The molecule has 0 spiro atoms. The van der Waals surface area contributed by atoms with Crippen molar-refractivity contribution in [3.05, 3.63) is 34.3 Å². The number of hydrogen-bond acceptors (Lipinski definition) is 2. The van der Waals surface area contributed by atoms with Crippen LogP contribution >= 0.6 is 15.9 Å². The van der Waals surface area contributed by atoms with Crippen LogP contribution in [-0.2, 0) is 4.74 Å². The molecule has 0 aromatic heterocycles. The van der Waals surface area contributed by atoms with E-state index in [1.165, 1.54) is 5.56 Å². The number of hydrogen-bond donors (Lipinski definition) is 1.